The van der Waals surface area contributed by atoms with Gasteiger partial charge in [-0.25, -0.2) is 0 Å². The molecular weight excluding hydrogens is 354 g/mol. The fourth-order valence-electron chi connectivity index (χ4n) is 3.37. The maximum atomic E-state index is 12.6. The molecule has 0 bridgehead atoms. The summed E-state index contributed by atoms with van der Waals surface area (Å²) in [5.74, 6) is 2.17. The van der Waals surface area contributed by atoms with Crippen molar-refractivity contribution in [3.8, 4) is 17.2 Å². The number of carbonyl (C=O) groups is 1. The van der Waals surface area contributed by atoms with Crippen molar-refractivity contribution in [1.29, 1.82) is 0 Å². The van der Waals surface area contributed by atoms with Gasteiger partial charge in [0, 0.05) is 6.54 Å². The van der Waals surface area contributed by atoms with E-state index in [-0.39, 0.29) is 18.6 Å². The van der Waals surface area contributed by atoms with Crippen LogP contribution in [0.4, 0.5) is 0 Å². The molecule has 5 nitrogen and oxygen atoms in total. The summed E-state index contributed by atoms with van der Waals surface area (Å²) in [4.78, 5) is 12.6. The van der Waals surface area contributed by atoms with E-state index in [1.807, 2.05) is 55.5 Å². The molecule has 1 atom stereocenters. The van der Waals surface area contributed by atoms with Crippen LogP contribution in [0.3, 0.4) is 0 Å². The second-order valence-electron chi connectivity index (χ2n) is 6.92. The Kier molecular flexibility index (Phi) is 5.06. The Morgan fingerprint density at radius 1 is 1.04 bits per heavy atom. The molecule has 0 unspecified atom stereocenters. The Balaban J connectivity index is 1.37. The van der Waals surface area contributed by atoms with Gasteiger partial charge in [0.05, 0.1) is 13.0 Å². The van der Waals surface area contributed by atoms with E-state index in [4.69, 9.17) is 14.2 Å². The van der Waals surface area contributed by atoms with Gasteiger partial charge in [0.2, 0.25) is 12.7 Å². The first-order valence-electron chi connectivity index (χ1n) is 9.38. The Bertz CT molecular complexity index is 1010. The van der Waals surface area contributed by atoms with Crippen LogP contribution in [0.1, 0.15) is 24.0 Å². The van der Waals surface area contributed by atoms with Crippen LogP contribution in [-0.2, 0) is 11.2 Å². The van der Waals surface area contributed by atoms with Crippen molar-refractivity contribution in [2.24, 2.45) is 0 Å². The maximum absolute atomic E-state index is 12.6. The molecule has 1 N–H and O–H groups in total. The zero-order valence-corrected chi connectivity index (χ0v) is 16.0. The highest BCUT2D eigenvalue weighted by Crippen LogP contribution is 2.32. The topological polar surface area (TPSA) is 56.8 Å². The lowest BCUT2D eigenvalue weighted by Gasteiger charge is -2.14. The molecule has 0 aromatic heterocycles. The van der Waals surface area contributed by atoms with Crippen molar-refractivity contribution in [2.75, 3.05) is 20.4 Å². The minimum atomic E-state index is -0.219. The summed E-state index contributed by atoms with van der Waals surface area (Å²) in [6.07, 6.45) is 0.743. The first-order valence-corrected chi connectivity index (χ1v) is 9.38. The third-order valence-corrected chi connectivity index (χ3v) is 5.11. The minimum absolute atomic E-state index is 0.0219. The van der Waals surface area contributed by atoms with Crippen molar-refractivity contribution in [1.82, 2.24) is 5.32 Å². The lowest BCUT2D eigenvalue weighted by atomic mass is 9.97. The monoisotopic (exact) mass is 377 g/mol. The van der Waals surface area contributed by atoms with Crippen LogP contribution in [0.5, 0.6) is 17.2 Å². The number of amides is 1. The van der Waals surface area contributed by atoms with Gasteiger partial charge in [0.15, 0.2) is 11.5 Å². The van der Waals surface area contributed by atoms with Crippen molar-refractivity contribution in [2.45, 2.75) is 19.3 Å². The number of rotatable bonds is 6. The Labute approximate surface area is 164 Å². The largest absolute Gasteiger partial charge is 0.497 e. The average Bonchev–Trinajstić information content (AvgIpc) is 3.20. The summed E-state index contributed by atoms with van der Waals surface area (Å²) < 4.78 is 16.0. The molecule has 0 radical (unpaired) electrons. The van der Waals surface area contributed by atoms with E-state index < -0.39 is 0 Å². The molecule has 0 aliphatic carbocycles. The number of nitrogens with one attached hydrogen (secondary N) is 1. The molecule has 1 amide bonds. The molecule has 0 spiro atoms. The molecular formula is C23H23NO4. The standard InChI is InChI=1S/C23H23NO4/c1-15(17-4-5-19-13-20(26-2)7-6-18(19)12-17)23(25)24-10-9-16-3-8-21-22(11-16)28-14-27-21/h3-8,11-13,15H,9-10,14H2,1-2H3,(H,24,25)/t15-/m0/s1. The van der Waals surface area contributed by atoms with Crippen molar-refractivity contribution in [3.63, 3.8) is 0 Å². The Morgan fingerprint density at radius 2 is 1.82 bits per heavy atom. The number of carbonyl (C=O) groups excluding carboxylic acids is 1. The lowest BCUT2D eigenvalue weighted by Crippen LogP contribution is -2.29. The smallest absolute Gasteiger partial charge is 0.231 e. The highest BCUT2D eigenvalue weighted by atomic mass is 16.7. The van der Waals surface area contributed by atoms with Gasteiger partial charge < -0.3 is 19.5 Å². The van der Waals surface area contributed by atoms with Gasteiger partial charge in [-0.2, -0.15) is 0 Å². The van der Waals surface area contributed by atoms with Gasteiger partial charge in [-0.3, -0.25) is 4.79 Å². The van der Waals surface area contributed by atoms with E-state index in [0.29, 0.717) is 6.54 Å². The Hall–Kier alpha value is -3.21. The van der Waals surface area contributed by atoms with Gasteiger partial charge in [-0.15, -0.1) is 0 Å². The van der Waals surface area contributed by atoms with Crippen molar-refractivity contribution >= 4 is 16.7 Å². The molecule has 0 saturated carbocycles. The van der Waals surface area contributed by atoms with E-state index in [1.54, 1.807) is 7.11 Å². The number of hydrogen-bond donors (Lipinski definition) is 1. The van der Waals surface area contributed by atoms with Gasteiger partial charge in [0.25, 0.3) is 0 Å². The normalized spacial score (nSPS) is 13.4. The molecule has 1 aliphatic rings. The summed E-state index contributed by atoms with van der Waals surface area (Å²) in [5, 5.41) is 5.22. The molecule has 3 aromatic carbocycles. The summed E-state index contributed by atoms with van der Waals surface area (Å²) in [6.45, 7) is 2.78. The summed E-state index contributed by atoms with van der Waals surface area (Å²) in [7, 11) is 1.66. The average molecular weight is 377 g/mol. The lowest BCUT2D eigenvalue weighted by molar-refractivity contribution is -0.122. The van der Waals surface area contributed by atoms with Gasteiger partial charge in [-0.05, 0) is 59.5 Å². The van der Waals surface area contributed by atoms with E-state index in [0.717, 1.165) is 45.6 Å². The van der Waals surface area contributed by atoms with E-state index in [1.165, 1.54) is 0 Å². The second-order valence-corrected chi connectivity index (χ2v) is 6.92. The number of benzene rings is 3. The Morgan fingerprint density at radius 3 is 2.68 bits per heavy atom. The second kappa shape index (κ2) is 7.80. The van der Waals surface area contributed by atoms with Crippen LogP contribution in [0.25, 0.3) is 10.8 Å². The van der Waals surface area contributed by atoms with E-state index in [2.05, 4.69) is 11.4 Å². The summed E-state index contributed by atoms with van der Waals surface area (Å²) in [5.41, 5.74) is 2.11. The van der Waals surface area contributed by atoms with Crippen LogP contribution in [-0.4, -0.2) is 26.4 Å². The van der Waals surface area contributed by atoms with Crippen LogP contribution >= 0.6 is 0 Å². The zero-order chi connectivity index (χ0) is 19.5. The van der Waals surface area contributed by atoms with E-state index in [9.17, 15) is 4.79 Å². The quantitative estimate of drug-likeness (QED) is 0.704. The number of hydrogen-bond acceptors (Lipinski definition) is 4. The fraction of sp³-hybridized carbons (Fsp3) is 0.261. The minimum Gasteiger partial charge on any atom is -0.497 e. The van der Waals surface area contributed by atoms with Gasteiger partial charge >= 0.3 is 0 Å². The predicted molar refractivity (Wildman–Crippen MR) is 108 cm³/mol. The highest BCUT2D eigenvalue weighted by molar-refractivity contribution is 5.88. The predicted octanol–water partition coefficient (Wildman–Crippen LogP) is 4.04. The number of methoxy groups -OCH3 is 1. The summed E-state index contributed by atoms with van der Waals surface area (Å²) in [6, 6.07) is 17.9. The van der Waals surface area contributed by atoms with Crippen LogP contribution in [0.15, 0.2) is 54.6 Å². The van der Waals surface area contributed by atoms with Gasteiger partial charge in [-0.1, -0.05) is 30.3 Å². The van der Waals surface area contributed by atoms with Gasteiger partial charge in [0.1, 0.15) is 5.75 Å². The molecule has 0 fully saturated rings. The maximum Gasteiger partial charge on any atom is 0.231 e. The van der Waals surface area contributed by atoms with Crippen LogP contribution in [0.2, 0.25) is 0 Å². The molecule has 5 heteroatoms. The number of fused-ring (bicyclic) bond motifs is 2. The fourth-order valence-corrected chi connectivity index (χ4v) is 3.37. The highest BCUT2D eigenvalue weighted by Gasteiger charge is 2.16. The molecule has 3 aromatic rings. The van der Waals surface area contributed by atoms with E-state index >= 15 is 0 Å². The SMILES string of the molecule is COc1ccc2cc([C@H](C)C(=O)NCCc3ccc4c(c3)OCO4)ccc2c1. The third kappa shape index (κ3) is 3.74. The summed E-state index contributed by atoms with van der Waals surface area (Å²) >= 11 is 0. The zero-order valence-electron chi connectivity index (χ0n) is 16.0. The molecule has 0 saturated heterocycles. The molecule has 1 heterocycles. The first-order chi connectivity index (χ1) is 13.6. The molecule has 4 rings (SSSR count). The van der Waals surface area contributed by atoms with Crippen molar-refractivity contribution < 1.29 is 19.0 Å². The molecule has 28 heavy (non-hydrogen) atoms. The van der Waals surface area contributed by atoms with Crippen LogP contribution < -0.4 is 19.5 Å². The molecule has 1 aliphatic heterocycles. The third-order valence-electron chi connectivity index (χ3n) is 5.11. The number of ether oxygens (including phenoxy) is 3. The van der Waals surface area contributed by atoms with Crippen LogP contribution in [0, 0.1) is 0 Å². The van der Waals surface area contributed by atoms with Crippen molar-refractivity contribution in [3.05, 3.63) is 65.7 Å². The molecule has 144 valence electrons. The first kappa shape index (κ1) is 18.2.